The van der Waals surface area contributed by atoms with E-state index in [-0.39, 0.29) is 33.3 Å². The van der Waals surface area contributed by atoms with Gasteiger partial charge in [-0.1, -0.05) is 18.2 Å². The minimum absolute atomic E-state index is 0.0451. The van der Waals surface area contributed by atoms with E-state index in [4.69, 9.17) is 0 Å². The fraction of sp³-hybridized carbons (Fsp3) is 0. The van der Waals surface area contributed by atoms with Crippen LogP contribution in [0.1, 0.15) is 26.3 Å². The van der Waals surface area contributed by atoms with Gasteiger partial charge in [0.2, 0.25) is 0 Å². The molecule has 1 aliphatic heterocycles. The number of non-ortho nitro benzene ring substituents is 1. The Hall–Kier alpha value is -4.07. The van der Waals surface area contributed by atoms with E-state index in [2.05, 4.69) is 5.10 Å². The van der Waals surface area contributed by atoms with Crippen molar-refractivity contribution >= 4 is 34.5 Å². The van der Waals surface area contributed by atoms with Crippen LogP contribution in [-0.2, 0) is 0 Å². The smallest absolute Gasteiger partial charge is 0.282 e. The predicted molar refractivity (Wildman–Crippen MR) is 96.8 cm³/mol. The third-order valence-corrected chi connectivity index (χ3v) is 4.31. The van der Waals surface area contributed by atoms with Crippen molar-refractivity contribution in [3.05, 3.63) is 81.4 Å². The predicted octanol–water partition coefficient (Wildman–Crippen LogP) is 3.08. The average Bonchev–Trinajstić information content (AvgIpc) is 2.66. The van der Waals surface area contributed by atoms with Crippen molar-refractivity contribution in [3.8, 4) is 5.75 Å². The lowest BCUT2D eigenvalue weighted by molar-refractivity contribution is -0.383. The maximum Gasteiger partial charge on any atom is 0.282 e. The minimum Gasteiger partial charge on any atom is -0.507 e. The molecule has 1 aliphatic rings. The van der Waals surface area contributed by atoms with Gasteiger partial charge in [-0.2, -0.15) is 10.1 Å². The van der Waals surface area contributed by atoms with Crippen LogP contribution in [0.3, 0.4) is 0 Å². The second kappa shape index (κ2) is 6.03. The molecule has 3 aromatic rings. The summed E-state index contributed by atoms with van der Waals surface area (Å²) in [6, 6.07) is 13.4. The summed E-state index contributed by atoms with van der Waals surface area (Å²) < 4.78 is 0. The Morgan fingerprint density at radius 3 is 2.37 bits per heavy atom. The molecule has 0 saturated heterocycles. The Bertz CT molecular complexity index is 1150. The van der Waals surface area contributed by atoms with Crippen LogP contribution in [0.2, 0.25) is 0 Å². The number of hydrogen-bond donors (Lipinski definition) is 1. The second-order valence-corrected chi connectivity index (χ2v) is 5.84. The van der Waals surface area contributed by atoms with Gasteiger partial charge in [0.25, 0.3) is 17.5 Å². The Morgan fingerprint density at radius 1 is 0.963 bits per heavy atom. The monoisotopic (exact) mass is 361 g/mol. The zero-order chi connectivity index (χ0) is 19.1. The largest absolute Gasteiger partial charge is 0.507 e. The SMILES string of the molecule is O=C1c2cccc3c([N+](=O)[O-])ccc(c23)C(=O)N1N=Cc1ccccc1O. The Kier molecular flexibility index (Phi) is 3.66. The summed E-state index contributed by atoms with van der Waals surface area (Å²) in [6.07, 6.45) is 1.21. The number of nitro benzene ring substituents is 1. The van der Waals surface area contributed by atoms with E-state index >= 15 is 0 Å². The summed E-state index contributed by atoms with van der Waals surface area (Å²) in [5, 5.41) is 26.1. The number of benzene rings is 3. The molecule has 4 rings (SSSR count). The number of phenols is 1. The number of phenolic OH excluding ortho intramolecular Hbond substituents is 1. The highest BCUT2D eigenvalue weighted by Gasteiger charge is 2.34. The van der Waals surface area contributed by atoms with Crippen LogP contribution in [0.4, 0.5) is 5.69 Å². The fourth-order valence-corrected chi connectivity index (χ4v) is 3.05. The van der Waals surface area contributed by atoms with Crippen LogP contribution >= 0.6 is 0 Å². The van der Waals surface area contributed by atoms with Gasteiger partial charge in [0, 0.05) is 17.0 Å². The number of nitrogens with zero attached hydrogens (tertiary/aromatic N) is 3. The van der Waals surface area contributed by atoms with E-state index in [9.17, 15) is 24.8 Å². The molecule has 8 nitrogen and oxygen atoms in total. The number of para-hydroxylation sites is 1. The summed E-state index contributed by atoms with van der Waals surface area (Å²) in [5.41, 5.74) is 0.466. The number of carbonyl (C=O) groups is 2. The normalized spacial score (nSPS) is 13.6. The minimum atomic E-state index is -0.690. The zero-order valence-electron chi connectivity index (χ0n) is 13.7. The molecular formula is C19H11N3O5. The Morgan fingerprint density at radius 2 is 1.67 bits per heavy atom. The third kappa shape index (κ3) is 2.51. The highest BCUT2D eigenvalue weighted by molar-refractivity contribution is 6.26. The first kappa shape index (κ1) is 16.4. The van der Waals surface area contributed by atoms with Crippen molar-refractivity contribution < 1.29 is 19.6 Å². The molecule has 3 aromatic carbocycles. The molecule has 27 heavy (non-hydrogen) atoms. The molecule has 132 valence electrons. The maximum absolute atomic E-state index is 12.8. The number of aromatic hydroxyl groups is 1. The lowest BCUT2D eigenvalue weighted by Crippen LogP contribution is -2.36. The molecule has 0 spiro atoms. The number of rotatable bonds is 3. The Balaban J connectivity index is 1.85. The average molecular weight is 361 g/mol. The number of amides is 2. The van der Waals surface area contributed by atoms with Gasteiger partial charge in [-0.3, -0.25) is 19.7 Å². The third-order valence-electron chi connectivity index (χ3n) is 4.31. The van der Waals surface area contributed by atoms with Gasteiger partial charge in [0.15, 0.2) is 0 Å². The van der Waals surface area contributed by atoms with Crippen LogP contribution in [0, 0.1) is 10.1 Å². The van der Waals surface area contributed by atoms with Gasteiger partial charge in [-0.25, -0.2) is 0 Å². The van der Waals surface area contributed by atoms with Crippen LogP contribution in [0.15, 0.2) is 59.7 Å². The number of imide groups is 1. The van der Waals surface area contributed by atoms with Crippen LogP contribution in [0.5, 0.6) is 5.75 Å². The molecule has 1 heterocycles. The molecular weight excluding hydrogens is 350 g/mol. The molecule has 0 atom stereocenters. The number of hydrogen-bond acceptors (Lipinski definition) is 6. The number of nitro groups is 1. The summed E-state index contributed by atoms with van der Waals surface area (Å²) in [5.74, 6) is -1.42. The summed E-state index contributed by atoms with van der Waals surface area (Å²) in [7, 11) is 0. The van der Waals surface area contributed by atoms with Gasteiger partial charge in [-0.05, 0) is 30.3 Å². The van der Waals surface area contributed by atoms with E-state index < -0.39 is 16.7 Å². The lowest BCUT2D eigenvalue weighted by atomic mass is 9.94. The summed E-state index contributed by atoms with van der Waals surface area (Å²) in [4.78, 5) is 36.2. The van der Waals surface area contributed by atoms with Crippen molar-refractivity contribution in [2.75, 3.05) is 0 Å². The molecule has 0 unspecified atom stereocenters. The van der Waals surface area contributed by atoms with Gasteiger partial charge >= 0.3 is 0 Å². The Labute approximate surface area is 152 Å². The zero-order valence-corrected chi connectivity index (χ0v) is 13.7. The second-order valence-electron chi connectivity index (χ2n) is 5.84. The van der Waals surface area contributed by atoms with Crippen molar-refractivity contribution in [3.63, 3.8) is 0 Å². The molecule has 8 heteroatoms. The van der Waals surface area contributed by atoms with Gasteiger partial charge in [-0.15, -0.1) is 0 Å². The molecule has 0 saturated carbocycles. The number of hydrazone groups is 1. The molecule has 2 amide bonds. The van der Waals surface area contributed by atoms with E-state index in [0.29, 0.717) is 10.6 Å². The topological polar surface area (TPSA) is 113 Å². The highest BCUT2D eigenvalue weighted by atomic mass is 16.6. The molecule has 0 bridgehead atoms. The van der Waals surface area contributed by atoms with Crippen LogP contribution in [-0.4, -0.2) is 33.1 Å². The first-order valence-corrected chi connectivity index (χ1v) is 7.90. The first-order valence-electron chi connectivity index (χ1n) is 7.90. The molecule has 1 N–H and O–H groups in total. The van der Waals surface area contributed by atoms with E-state index in [0.717, 1.165) is 0 Å². The van der Waals surface area contributed by atoms with E-state index in [1.165, 1.54) is 42.6 Å². The standard InChI is InChI=1S/C19H11N3O5/c23-16-7-2-1-4-11(16)10-20-21-18(24)13-6-3-5-12-15(22(26)27)9-8-14(17(12)13)19(21)25/h1-10,23H. The molecule has 0 radical (unpaired) electrons. The quantitative estimate of drug-likeness (QED) is 0.333. The summed E-state index contributed by atoms with van der Waals surface area (Å²) >= 11 is 0. The van der Waals surface area contributed by atoms with Crippen molar-refractivity contribution in [1.82, 2.24) is 5.01 Å². The van der Waals surface area contributed by atoms with E-state index in [1.54, 1.807) is 18.2 Å². The van der Waals surface area contributed by atoms with Gasteiger partial charge in [0.05, 0.1) is 27.7 Å². The van der Waals surface area contributed by atoms with Crippen molar-refractivity contribution in [1.29, 1.82) is 0 Å². The van der Waals surface area contributed by atoms with Crippen molar-refractivity contribution in [2.24, 2.45) is 5.10 Å². The van der Waals surface area contributed by atoms with Crippen molar-refractivity contribution in [2.45, 2.75) is 0 Å². The fourth-order valence-electron chi connectivity index (χ4n) is 3.05. The summed E-state index contributed by atoms with van der Waals surface area (Å²) in [6.45, 7) is 0. The lowest BCUT2D eigenvalue weighted by Gasteiger charge is -2.23. The molecule has 0 fully saturated rings. The van der Waals surface area contributed by atoms with Gasteiger partial charge in [0.1, 0.15) is 5.75 Å². The molecule has 0 aliphatic carbocycles. The van der Waals surface area contributed by atoms with Crippen LogP contribution < -0.4 is 0 Å². The van der Waals surface area contributed by atoms with E-state index in [1.807, 2.05) is 0 Å². The van der Waals surface area contributed by atoms with Crippen LogP contribution in [0.25, 0.3) is 10.8 Å². The van der Waals surface area contributed by atoms with Gasteiger partial charge < -0.3 is 5.11 Å². The highest BCUT2D eigenvalue weighted by Crippen LogP contribution is 2.35. The first-order chi connectivity index (χ1) is 13.0. The number of carbonyl (C=O) groups excluding carboxylic acids is 2. The maximum atomic E-state index is 12.8. The molecule has 0 aromatic heterocycles.